The van der Waals surface area contributed by atoms with Crippen molar-refractivity contribution in [2.75, 3.05) is 11.4 Å². The van der Waals surface area contributed by atoms with Crippen LogP contribution in [0.5, 0.6) is 5.75 Å². The van der Waals surface area contributed by atoms with Crippen LogP contribution in [0.4, 0.5) is 10.5 Å². The minimum atomic E-state index is -0.729. The molecule has 4 nitrogen and oxygen atoms in total. The molecule has 2 aromatic rings. The van der Waals surface area contributed by atoms with Gasteiger partial charge in [0.2, 0.25) is 0 Å². The number of rotatable bonds is 5. The summed E-state index contributed by atoms with van der Waals surface area (Å²) in [5.41, 5.74) is 1.76. The van der Waals surface area contributed by atoms with Crippen LogP contribution in [0.2, 0.25) is 5.02 Å². The quantitative estimate of drug-likeness (QED) is 0.436. The second kappa shape index (κ2) is 7.88. The Bertz CT molecular complexity index is 675. The maximum absolute atomic E-state index is 12.0. The van der Waals surface area contributed by atoms with Crippen LogP contribution < -0.4 is 9.64 Å². The first-order valence-electron chi connectivity index (χ1n) is 7.47. The van der Waals surface area contributed by atoms with E-state index in [9.17, 15) is 4.79 Å². The maximum Gasteiger partial charge on any atom is 0.515 e. The van der Waals surface area contributed by atoms with Crippen molar-refractivity contribution in [3.8, 4) is 5.75 Å². The monoisotopic (exact) mass is 333 g/mol. The summed E-state index contributed by atoms with van der Waals surface area (Å²) in [6.45, 7) is 6.31. The number of nitrogens with zero attached hydrogens (tertiary/aromatic N) is 1. The minimum Gasteiger partial charge on any atom is -0.410 e. The van der Waals surface area contributed by atoms with Gasteiger partial charge in [-0.05, 0) is 50.6 Å². The Hall–Kier alpha value is -2.20. The lowest BCUT2D eigenvalue weighted by molar-refractivity contribution is 0.0643. The van der Waals surface area contributed by atoms with Crippen molar-refractivity contribution >= 4 is 23.4 Å². The molecular formula is C18H20ClNO3. The van der Waals surface area contributed by atoms with Crippen LogP contribution in [0.15, 0.2) is 48.5 Å². The summed E-state index contributed by atoms with van der Waals surface area (Å²) in [7, 11) is 0. The molecule has 2 rings (SSSR count). The summed E-state index contributed by atoms with van der Waals surface area (Å²) >= 11 is 6.02. The second-order valence-electron chi connectivity index (χ2n) is 5.10. The molecule has 5 heteroatoms. The molecule has 1 atom stereocenters. The fourth-order valence-corrected chi connectivity index (χ4v) is 2.48. The number of carbonyl (C=O) groups is 1. The van der Waals surface area contributed by atoms with Crippen LogP contribution in [-0.4, -0.2) is 18.9 Å². The average Bonchev–Trinajstić information content (AvgIpc) is 2.50. The van der Waals surface area contributed by atoms with E-state index in [-0.39, 0.29) is 0 Å². The number of hydrogen-bond donors (Lipinski definition) is 0. The highest BCUT2D eigenvalue weighted by Gasteiger charge is 2.19. The summed E-state index contributed by atoms with van der Waals surface area (Å²) in [5.74, 6) is 0.496. The number of anilines is 1. The van der Waals surface area contributed by atoms with Crippen molar-refractivity contribution in [3.05, 3.63) is 59.1 Å². The minimum absolute atomic E-state index is 0.477. The van der Waals surface area contributed by atoms with Crippen LogP contribution in [0.3, 0.4) is 0 Å². The van der Waals surface area contributed by atoms with Gasteiger partial charge in [0.05, 0.1) is 0 Å². The van der Waals surface area contributed by atoms with Crippen molar-refractivity contribution < 1.29 is 14.3 Å². The van der Waals surface area contributed by atoms with Crippen molar-refractivity contribution in [2.24, 2.45) is 0 Å². The predicted molar refractivity (Wildman–Crippen MR) is 92.2 cm³/mol. The normalized spacial score (nSPS) is 11.7. The molecule has 122 valence electrons. The van der Waals surface area contributed by atoms with E-state index in [2.05, 4.69) is 0 Å². The highest BCUT2D eigenvalue weighted by Crippen LogP contribution is 2.22. The molecule has 23 heavy (non-hydrogen) atoms. The van der Waals surface area contributed by atoms with Gasteiger partial charge < -0.3 is 14.4 Å². The van der Waals surface area contributed by atoms with Crippen LogP contribution in [-0.2, 0) is 4.74 Å². The fraction of sp³-hybridized carbons (Fsp3) is 0.278. The summed E-state index contributed by atoms with van der Waals surface area (Å²) in [4.78, 5) is 13.9. The largest absolute Gasteiger partial charge is 0.515 e. The molecule has 0 aliphatic carbocycles. The Kier molecular flexibility index (Phi) is 5.88. The third-order valence-electron chi connectivity index (χ3n) is 3.47. The number of benzene rings is 2. The third-order valence-corrected chi connectivity index (χ3v) is 3.71. The van der Waals surface area contributed by atoms with Crippen molar-refractivity contribution in [3.63, 3.8) is 0 Å². The first-order valence-corrected chi connectivity index (χ1v) is 7.85. The molecule has 0 bridgehead atoms. The molecule has 0 N–H and O–H groups in total. The van der Waals surface area contributed by atoms with E-state index in [4.69, 9.17) is 21.1 Å². The van der Waals surface area contributed by atoms with Gasteiger partial charge in [-0.1, -0.05) is 35.9 Å². The molecule has 0 heterocycles. The van der Waals surface area contributed by atoms with E-state index in [0.717, 1.165) is 11.3 Å². The van der Waals surface area contributed by atoms with E-state index in [1.54, 1.807) is 19.1 Å². The zero-order valence-electron chi connectivity index (χ0n) is 13.5. The Labute approximate surface area is 141 Å². The third kappa shape index (κ3) is 4.63. The zero-order valence-corrected chi connectivity index (χ0v) is 14.2. The maximum atomic E-state index is 12.0. The summed E-state index contributed by atoms with van der Waals surface area (Å²) in [6, 6.07) is 14.7. The van der Waals surface area contributed by atoms with Gasteiger partial charge in [-0.15, -0.1) is 0 Å². The Morgan fingerprint density at radius 3 is 2.61 bits per heavy atom. The smallest absolute Gasteiger partial charge is 0.410 e. The lowest BCUT2D eigenvalue weighted by atomic mass is 10.2. The number of ether oxygens (including phenoxy) is 2. The molecule has 0 amide bonds. The molecule has 0 fully saturated rings. The highest BCUT2D eigenvalue weighted by atomic mass is 35.5. The SMILES string of the molecule is CCN(c1cccc(Cl)c1)C(C)OC(=O)Oc1ccccc1C. The molecule has 0 aromatic heterocycles. The second-order valence-corrected chi connectivity index (χ2v) is 5.54. The van der Waals surface area contributed by atoms with E-state index >= 15 is 0 Å². The molecule has 0 spiro atoms. The number of para-hydroxylation sites is 1. The van der Waals surface area contributed by atoms with Crippen LogP contribution in [0, 0.1) is 6.92 Å². The van der Waals surface area contributed by atoms with Gasteiger partial charge >= 0.3 is 6.16 Å². The molecule has 2 aromatic carbocycles. The van der Waals surface area contributed by atoms with E-state index in [0.29, 0.717) is 17.3 Å². The first kappa shape index (κ1) is 17.2. The van der Waals surface area contributed by atoms with Crippen molar-refractivity contribution in [1.82, 2.24) is 0 Å². The van der Waals surface area contributed by atoms with Gasteiger partial charge in [0, 0.05) is 17.3 Å². The zero-order chi connectivity index (χ0) is 16.8. The van der Waals surface area contributed by atoms with Crippen LogP contribution in [0.1, 0.15) is 19.4 Å². The topological polar surface area (TPSA) is 38.8 Å². The molecule has 0 aliphatic rings. The first-order chi connectivity index (χ1) is 11.0. The highest BCUT2D eigenvalue weighted by molar-refractivity contribution is 6.30. The predicted octanol–water partition coefficient (Wildman–Crippen LogP) is 5.04. The summed E-state index contributed by atoms with van der Waals surface area (Å²) in [6.07, 6.45) is -1.21. The number of carbonyl (C=O) groups excluding carboxylic acids is 1. The van der Waals surface area contributed by atoms with Gasteiger partial charge in [0.25, 0.3) is 0 Å². The molecular weight excluding hydrogens is 314 g/mol. The van der Waals surface area contributed by atoms with Gasteiger partial charge in [0.1, 0.15) is 5.75 Å². The van der Waals surface area contributed by atoms with Gasteiger partial charge in [-0.3, -0.25) is 0 Å². The van der Waals surface area contributed by atoms with Crippen molar-refractivity contribution in [1.29, 1.82) is 0 Å². The van der Waals surface area contributed by atoms with Gasteiger partial charge in [0.15, 0.2) is 6.23 Å². The van der Waals surface area contributed by atoms with E-state index < -0.39 is 12.4 Å². The lowest BCUT2D eigenvalue weighted by Crippen LogP contribution is -2.37. The van der Waals surface area contributed by atoms with Crippen molar-refractivity contribution in [2.45, 2.75) is 27.0 Å². The molecule has 0 radical (unpaired) electrons. The van der Waals surface area contributed by atoms with Gasteiger partial charge in [-0.2, -0.15) is 0 Å². The average molecular weight is 334 g/mol. The van der Waals surface area contributed by atoms with Crippen LogP contribution >= 0.6 is 11.6 Å². The Balaban J connectivity index is 2.03. The summed E-state index contributed by atoms with van der Waals surface area (Å²) in [5, 5.41) is 0.635. The molecule has 0 saturated heterocycles. The van der Waals surface area contributed by atoms with Gasteiger partial charge in [-0.25, -0.2) is 4.79 Å². The standard InChI is InChI=1S/C18H20ClNO3/c1-4-20(16-10-7-9-15(19)12-16)14(3)22-18(21)23-17-11-6-5-8-13(17)2/h5-12,14H,4H2,1-3H3. The van der Waals surface area contributed by atoms with Crippen LogP contribution in [0.25, 0.3) is 0 Å². The molecule has 0 aliphatic heterocycles. The lowest BCUT2D eigenvalue weighted by Gasteiger charge is -2.29. The summed E-state index contributed by atoms with van der Waals surface area (Å²) < 4.78 is 10.6. The van der Waals surface area contributed by atoms with E-state index in [1.165, 1.54) is 0 Å². The number of aryl methyl sites for hydroxylation is 1. The number of hydrogen-bond acceptors (Lipinski definition) is 4. The fourth-order valence-electron chi connectivity index (χ4n) is 2.29. The Morgan fingerprint density at radius 1 is 1.22 bits per heavy atom. The molecule has 1 unspecified atom stereocenters. The Morgan fingerprint density at radius 2 is 1.96 bits per heavy atom. The van der Waals surface area contributed by atoms with E-state index in [1.807, 2.05) is 55.1 Å². The number of halogens is 1. The molecule has 0 saturated carbocycles.